The highest BCUT2D eigenvalue weighted by molar-refractivity contribution is 6.01. The monoisotopic (exact) mass is 346 g/mol. The van der Waals surface area contributed by atoms with Crippen molar-refractivity contribution in [1.82, 2.24) is 0 Å². The molecule has 6 heteroatoms. The van der Waals surface area contributed by atoms with E-state index in [2.05, 4.69) is 4.74 Å². The Morgan fingerprint density at radius 3 is 2.16 bits per heavy atom. The zero-order valence-corrected chi connectivity index (χ0v) is 13.1. The molecule has 0 N–H and O–H groups in total. The minimum atomic E-state index is -4.38. The third-order valence-corrected chi connectivity index (χ3v) is 3.66. The molecule has 0 aliphatic rings. The van der Waals surface area contributed by atoms with Gasteiger partial charge in [-0.25, -0.2) is 4.79 Å². The van der Waals surface area contributed by atoms with Crippen molar-refractivity contribution in [3.63, 3.8) is 0 Å². The number of hydrogen-bond donors (Lipinski definition) is 0. The zero-order valence-electron chi connectivity index (χ0n) is 13.1. The van der Waals surface area contributed by atoms with Crippen LogP contribution in [0.25, 0.3) is 22.9 Å². The average Bonchev–Trinajstić information content (AvgIpc) is 2.92. The molecule has 2 aromatic carbocycles. The van der Waals surface area contributed by atoms with Gasteiger partial charge in [-0.05, 0) is 23.8 Å². The predicted octanol–water partition coefficient (Wildman–Crippen LogP) is 3.23. The Bertz CT molecular complexity index is 1030. The molecule has 3 rings (SSSR count). The summed E-state index contributed by atoms with van der Waals surface area (Å²) in [6, 6.07) is 12.0. The van der Waals surface area contributed by atoms with E-state index in [1.165, 1.54) is 25.3 Å². The molecule has 3 aromatic rings. The van der Waals surface area contributed by atoms with Crippen molar-refractivity contribution in [3.05, 3.63) is 70.5 Å². The first kappa shape index (κ1) is 16.8. The molecular formula is C19H13F3O3. The number of ether oxygens (including phenoxy) is 1. The van der Waals surface area contributed by atoms with Crippen LogP contribution in [0.1, 0.15) is 11.1 Å². The van der Waals surface area contributed by atoms with Crippen LogP contribution in [-0.2, 0) is 15.7 Å². The van der Waals surface area contributed by atoms with Gasteiger partial charge in [0.05, 0.1) is 18.7 Å². The molecule has 0 saturated carbocycles. The number of alkyl halides is 3. The SMILES string of the molecule is COC(=O)/C=c1\o/c(=C\c2ccc(C(F)(F)F)cc2)c2ccccc12. The number of carbonyl (C=O) groups excluding carboxylic acids is 1. The lowest BCUT2D eigenvalue weighted by Gasteiger charge is -2.05. The fraction of sp³-hybridized carbons (Fsp3) is 0.105. The van der Waals surface area contributed by atoms with Crippen LogP contribution in [0.3, 0.4) is 0 Å². The molecule has 3 nitrogen and oxygen atoms in total. The second-order valence-corrected chi connectivity index (χ2v) is 5.31. The van der Waals surface area contributed by atoms with Gasteiger partial charge in [0.1, 0.15) is 10.8 Å². The predicted molar refractivity (Wildman–Crippen MR) is 87.0 cm³/mol. The molecule has 0 unspecified atom stereocenters. The van der Waals surface area contributed by atoms with Crippen molar-refractivity contribution in [2.24, 2.45) is 0 Å². The van der Waals surface area contributed by atoms with Crippen LogP contribution < -0.4 is 10.8 Å². The molecule has 0 amide bonds. The number of rotatable bonds is 2. The summed E-state index contributed by atoms with van der Waals surface area (Å²) in [6.45, 7) is 0. The maximum absolute atomic E-state index is 12.6. The van der Waals surface area contributed by atoms with Gasteiger partial charge in [0, 0.05) is 10.8 Å². The van der Waals surface area contributed by atoms with Crippen molar-refractivity contribution in [3.8, 4) is 0 Å². The van der Waals surface area contributed by atoms with Crippen molar-refractivity contribution in [1.29, 1.82) is 0 Å². The number of esters is 1. The molecule has 25 heavy (non-hydrogen) atoms. The van der Waals surface area contributed by atoms with E-state index >= 15 is 0 Å². The van der Waals surface area contributed by atoms with Gasteiger partial charge in [0.2, 0.25) is 0 Å². The Kier molecular flexibility index (Phi) is 4.35. The van der Waals surface area contributed by atoms with Crippen molar-refractivity contribution < 1.29 is 27.1 Å². The van der Waals surface area contributed by atoms with Gasteiger partial charge in [0.15, 0.2) is 0 Å². The van der Waals surface area contributed by atoms with Gasteiger partial charge in [-0.15, -0.1) is 0 Å². The summed E-state index contributed by atoms with van der Waals surface area (Å²) in [5.41, 5.74) is 0.622. The van der Waals surface area contributed by atoms with E-state index in [1.54, 1.807) is 18.2 Å². The second-order valence-electron chi connectivity index (χ2n) is 5.31. The van der Waals surface area contributed by atoms with Gasteiger partial charge in [-0.1, -0.05) is 36.4 Å². The third kappa shape index (κ3) is 3.57. The Morgan fingerprint density at radius 2 is 1.60 bits per heavy atom. The molecule has 0 bridgehead atoms. The van der Waals surface area contributed by atoms with Crippen LogP contribution in [0.4, 0.5) is 13.2 Å². The molecule has 0 fully saturated rings. The molecule has 0 aliphatic heterocycles. The molecule has 0 spiro atoms. The molecular weight excluding hydrogens is 333 g/mol. The van der Waals surface area contributed by atoms with Crippen LogP contribution in [0.2, 0.25) is 0 Å². The number of furan rings is 1. The lowest BCUT2D eigenvalue weighted by atomic mass is 10.1. The Labute approximate surface area is 140 Å². The summed E-state index contributed by atoms with van der Waals surface area (Å²) in [6.07, 6.45) is -1.53. The van der Waals surface area contributed by atoms with Crippen molar-refractivity contribution in [2.45, 2.75) is 6.18 Å². The average molecular weight is 346 g/mol. The molecule has 1 aromatic heterocycles. The van der Waals surface area contributed by atoms with E-state index < -0.39 is 17.7 Å². The highest BCUT2D eigenvalue weighted by Gasteiger charge is 2.29. The maximum Gasteiger partial charge on any atom is 0.416 e. The zero-order chi connectivity index (χ0) is 18.0. The lowest BCUT2D eigenvalue weighted by molar-refractivity contribution is -0.137. The van der Waals surface area contributed by atoms with E-state index in [4.69, 9.17) is 4.42 Å². The molecule has 128 valence electrons. The van der Waals surface area contributed by atoms with E-state index in [-0.39, 0.29) is 0 Å². The van der Waals surface area contributed by atoms with Crippen molar-refractivity contribution in [2.75, 3.05) is 7.11 Å². The molecule has 0 aliphatic carbocycles. The Morgan fingerprint density at radius 1 is 1.00 bits per heavy atom. The molecule has 1 heterocycles. The van der Waals surface area contributed by atoms with Crippen molar-refractivity contribution >= 4 is 28.9 Å². The third-order valence-electron chi connectivity index (χ3n) is 3.66. The first-order chi connectivity index (χ1) is 11.9. The second kappa shape index (κ2) is 6.47. The van der Waals surface area contributed by atoms with Crippen LogP contribution in [-0.4, -0.2) is 13.1 Å². The van der Waals surface area contributed by atoms with Crippen LogP contribution in [0, 0.1) is 0 Å². The standard InChI is InChI=1S/C19H13F3O3/c1-24-18(23)11-17-15-5-3-2-4-14(15)16(25-17)10-12-6-8-13(9-7-12)19(20,21)22/h2-11H,1H3/b16-10-,17-11-. The summed E-state index contributed by atoms with van der Waals surface area (Å²) in [5.74, 6) is -0.555. The van der Waals surface area contributed by atoms with Gasteiger partial charge in [-0.3, -0.25) is 0 Å². The van der Waals surface area contributed by atoms with Gasteiger partial charge in [-0.2, -0.15) is 13.2 Å². The number of hydrogen-bond acceptors (Lipinski definition) is 3. The first-order valence-electron chi connectivity index (χ1n) is 7.35. The highest BCUT2D eigenvalue weighted by Crippen LogP contribution is 2.29. The number of carbonyl (C=O) groups is 1. The topological polar surface area (TPSA) is 39.4 Å². The van der Waals surface area contributed by atoms with Gasteiger partial charge in [0.25, 0.3) is 0 Å². The fourth-order valence-corrected chi connectivity index (χ4v) is 2.44. The molecule has 0 radical (unpaired) electrons. The maximum atomic E-state index is 12.6. The summed E-state index contributed by atoms with van der Waals surface area (Å²) in [7, 11) is 1.26. The summed E-state index contributed by atoms with van der Waals surface area (Å²) < 4.78 is 48.2. The van der Waals surface area contributed by atoms with Crippen LogP contribution in [0.15, 0.2) is 52.9 Å². The number of halogens is 3. The summed E-state index contributed by atoms with van der Waals surface area (Å²) in [4.78, 5) is 11.5. The van der Waals surface area contributed by atoms with E-state index in [0.717, 1.165) is 17.5 Å². The fourth-order valence-electron chi connectivity index (χ4n) is 2.44. The Balaban J connectivity index is 2.14. The molecule has 0 atom stereocenters. The molecule has 0 saturated heterocycles. The quantitative estimate of drug-likeness (QED) is 0.669. The Hall–Kier alpha value is -3.02. The van der Waals surface area contributed by atoms with E-state index in [0.29, 0.717) is 21.8 Å². The van der Waals surface area contributed by atoms with E-state index in [1.807, 2.05) is 12.1 Å². The highest BCUT2D eigenvalue weighted by atomic mass is 19.4. The van der Waals surface area contributed by atoms with Crippen LogP contribution >= 0.6 is 0 Å². The minimum Gasteiger partial charge on any atom is -0.466 e. The number of benzene rings is 2. The summed E-state index contributed by atoms with van der Waals surface area (Å²) >= 11 is 0. The van der Waals surface area contributed by atoms with Gasteiger partial charge >= 0.3 is 12.1 Å². The number of methoxy groups -OCH3 is 1. The number of fused-ring (bicyclic) bond motifs is 1. The largest absolute Gasteiger partial charge is 0.466 e. The van der Waals surface area contributed by atoms with Gasteiger partial charge < -0.3 is 9.15 Å². The van der Waals surface area contributed by atoms with Crippen LogP contribution in [0.5, 0.6) is 0 Å². The minimum absolute atomic E-state index is 0.334. The summed E-state index contributed by atoms with van der Waals surface area (Å²) in [5, 5.41) is 1.46. The van der Waals surface area contributed by atoms with E-state index in [9.17, 15) is 18.0 Å². The lowest BCUT2D eigenvalue weighted by Crippen LogP contribution is -2.06. The normalized spacial score (nSPS) is 13.4. The smallest absolute Gasteiger partial charge is 0.416 e. The first-order valence-corrected chi connectivity index (χ1v) is 7.35.